The van der Waals surface area contributed by atoms with E-state index in [9.17, 15) is 4.39 Å². The Morgan fingerprint density at radius 1 is 1.35 bits per heavy atom. The molecule has 1 heterocycles. The van der Waals surface area contributed by atoms with Crippen LogP contribution in [0, 0.1) is 5.82 Å². The van der Waals surface area contributed by atoms with Crippen molar-refractivity contribution in [2.45, 2.75) is 25.8 Å². The SMILES string of the molecule is CCCNC(Cc1cc(Cl)ccc1F)c1ccc(Br)o1. The van der Waals surface area contributed by atoms with Crippen LogP contribution in [0.25, 0.3) is 0 Å². The first kappa shape index (κ1) is 15.5. The number of hydrogen-bond donors (Lipinski definition) is 1. The Morgan fingerprint density at radius 3 is 2.80 bits per heavy atom. The van der Waals surface area contributed by atoms with Crippen molar-refractivity contribution >= 4 is 27.5 Å². The Morgan fingerprint density at radius 2 is 2.15 bits per heavy atom. The predicted octanol–water partition coefficient (Wildman–Crippen LogP) is 5.12. The quantitative estimate of drug-likeness (QED) is 0.773. The summed E-state index contributed by atoms with van der Waals surface area (Å²) in [6, 6.07) is 8.26. The average Bonchev–Trinajstić information content (AvgIpc) is 2.85. The lowest BCUT2D eigenvalue weighted by Gasteiger charge is -2.17. The lowest BCUT2D eigenvalue weighted by atomic mass is 10.0. The van der Waals surface area contributed by atoms with Crippen molar-refractivity contribution in [2.24, 2.45) is 0 Å². The highest BCUT2D eigenvalue weighted by Crippen LogP contribution is 2.25. The molecule has 108 valence electrons. The fourth-order valence-electron chi connectivity index (χ4n) is 2.03. The van der Waals surface area contributed by atoms with E-state index in [1.807, 2.05) is 12.1 Å². The van der Waals surface area contributed by atoms with E-state index in [0.717, 1.165) is 18.7 Å². The van der Waals surface area contributed by atoms with Gasteiger partial charge in [0.15, 0.2) is 4.67 Å². The van der Waals surface area contributed by atoms with Gasteiger partial charge in [0.1, 0.15) is 11.6 Å². The van der Waals surface area contributed by atoms with E-state index in [0.29, 0.717) is 21.7 Å². The molecule has 0 saturated carbocycles. The van der Waals surface area contributed by atoms with Crippen molar-refractivity contribution in [3.8, 4) is 0 Å². The second kappa shape index (κ2) is 7.25. The van der Waals surface area contributed by atoms with E-state index in [1.165, 1.54) is 6.07 Å². The third-order valence-corrected chi connectivity index (χ3v) is 3.67. The third-order valence-electron chi connectivity index (χ3n) is 3.01. The number of rotatable bonds is 6. The van der Waals surface area contributed by atoms with Crippen molar-refractivity contribution in [1.82, 2.24) is 5.32 Å². The van der Waals surface area contributed by atoms with E-state index < -0.39 is 0 Å². The molecular weight excluding hydrogens is 345 g/mol. The maximum atomic E-state index is 13.8. The summed E-state index contributed by atoms with van der Waals surface area (Å²) in [5.41, 5.74) is 0.582. The molecule has 1 aromatic heterocycles. The molecule has 1 N–H and O–H groups in total. The van der Waals surface area contributed by atoms with Crippen LogP contribution in [0.2, 0.25) is 5.02 Å². The Labute approximate surface area is 131 Å². The second-order valence-corrected chi connectivity index (χ2v) is 5.81. The second-order valence-electron chi connectivity index (χ2n) is 4.59. The van der Waals surface area contributed by atoms with Crippen molar-refractivity contribution in [1.29, 1.82) is 0 Å². The summed E-state index contributed by atoms with van der Waals surface area (Å²) in [5.74, 6) is 0.535. The molecular formula is C15H16BrClFNO. The van der Waals surface area contributed by atoms with Crippen LogP contribution in [0.4, 0.5) is 4.39 Å². The van der Waals surface area contributed by atoms with Gasteiger partial charge in [-0.15, -0.1) is 0 Å². The maximum absolute atomic E-state index is 13.8. The molecule has 0 aliphatic rings. The minimum Gasteiger partial charge on any atom is -0.453 e. The normalized spacial score (nSPS) is 12.6. The number of nitrogens with one attached hydrogen (secondary N) is 1. The zero-order valence-corrected chi connectivity index (χ0v) is 13.5. The van der Waals surface area contributed by atoms with Crippen molar-refractivity contribution in [3.05, 3.63) is 57.2 Å². The first-order chi connectivity index (χ1) is 9.60. The molecule has 0 fully saturated rings. The largest absolute Gasteiger partial charge is 0.453 e. The average molecular weight is 361 g/mol. The monoisotopic (exact) mass is 359 g/mol. The predicted molar refractivity (Wildman–Crippen MR) is 82.6 cm³/mol. The molecule has 0 bridgehead atoms. The minimum absolute atomic E-state index is 0.0748. The highest BCUT2D eigenvalue weighted by Gasteiger charge is 2.17. The number of benzene rings is 1. The first-order valence-electron chi connectivity index (χ1n) is 6.52. The zero-order valence-electron chi connectivity index (χ0n) is 11.1. The molecule has 0 spiro atoms. The smallest absolute Gasteiger partial charge is 0.169 e. The Balaban J connectivity index is 2.21. The van der Waals surface area contributed by atoms with Crippen molar-refractivity contribution in [2.75, 3.05) is 6.54 Å². The van der Waals surface area contributed by atoms with E-state index in [2.05, 4.69) is 28.2 Å². The van der Waals surface area contributed by atoms with Crippen LogP contribution < -0.4 is 5.32 Å². The fourth-order valence-corrected chi connectivity index (χ4v) is 2.54. The summed E-state index contributed by atoms with van der Waals surface area (Å²) >= 11 is 9.23. The Bertz CT molecular complexity index is 573. The van der Waals surface area contributed by atoms with Crippen LogP contribution >= 0.6 is 27.5 Å². The number of furan rings is 1. The molecule has 0 aliphatic heterocycles. The topological polar surface area (TPSA) is 25.2 Å². The Kier molecular flexibility index (Phi) is 5.64. The fraction of sp³-hybridized carbons (Fsp3) is 0.333. The van der Waals surface area contributed by atoms with Gasteiger partial charge in [0.05, 0.1) is 6.04 Å². The van der Waals surface area contributed by atoms with Gasteiger partial charge < -0.3 is 9.73 Å². The van der Waals surface area contributed by atoms with Crippen LogP contribution in [-0.4, -0.2) is 6.54 Å². The summed E-state index contributed by atoms with van der Waals surface area (Å²) in [4.78, 5) is 0. The molecule has 2 rings (SSSR count). The standard InChI is InChI=1S/C15H16BrClFNO/c1-2-7-19-13(14-5-6-15(16)20-14)9-10-8-11(17)3-4-12(10)18/h3-6,8,13,19H,2,7,9H2,1H3. The Hall–Kier alpha value is -0.840. The molecule has 1 aromatic carbocycles. The van der Waals surface area contributed by atoms with Gasteiger partial charge >= 0.3 is 0 Å². The summed E-state index contributed by atoms with van der Waals surface area (Å²) < 4.78 is 20.1. The van der Waals surface area contributed by atoms with Gasteiger partial charge in [-0.2, -0.15) is 0 Å². The molecule has 5 heteroatoms. The van der Waals surface area contributed by atoms with Gasteiger partial charge in [-0.25, -0.2) is 4.39 Å². The van der Waals surface area contributed by atoms with Crippen LogP contribution in [0.1, 0.15) is 30.7 Å². The van der Waals surface area contributed by atoms with Crippen LogP contribution in [-0.2, 0) is 6.42 Å². The number of halogens is 3. The molecule has 0 aliphatic carbocycles. The van der Waals surface area contributed by atoms with Gasteiger partial charge in [0, 0.05) is 5.02 Å². The molecule has 2 aromatic rings. The molecule has 0 amide bonds. The molecule has 0 saturated heterocycles. The molecule has 2 nitrogen and oxygen atoms in total. The van der Waals surface area contributed by atoms with Crippen LogP contribution in [0.15, 0.2) is 39.4 Å². The van der Waals surface area contributed by atoms with E-state index in [4.69, 9.17) is 16.0 Å². The molecule has 1 unspecified atom stereocenters. The first-order valence-corrected chi connectivity index (χ1v) is 7.69. The zero-order chi connectivity index (χ0) is 14.5. The lowest BCUT2D eigenvalue weighted by Crippen LogP contribution is -2.24. The van der Waals surface area contributed by atoms with Gasteiger partial charge in [0.2, 0.25) is 0 Å². The van der Waals surface area contributed by atoms with Crippen LogP contribution in [0.3, 0.4) is 0 Å². The molecule has 20 heavy (non-hydrogen) atoms. The minimum atomic E-state index is -0.247. The van der Waals surface area contributed by atoms with E-state index in [-0.39, 0.29) is 11.9 Å². The lowest BCUT2D eigenvalue weighted by molar-refractivity contribution is 0.397. The summed E-state index contributed by atoms with van der Waals surface area (Å²) in [7, 11) is 0. The molecule has 0 radical (unpaired) electrons. The third kappa shape index (κ3) is 4.08. The van der Waals surface area contributed by atoms with Crippen molar-refractivity contribution < 1.29 is 8.81 Å². The van der Waals surface area contributed by atoms with E-state index >= 15 is 0 Å². The van der Waals surface area contributed by atoms with Gasteiger partial charge in [-0.05, 0) is 71.2 Å². The highest BCUT2D eigenvalue weighted by atomic mass is 79.9. The van der Waals surface area contributed by atoms with Crippen molar-refractivity contribution in [3.63, 3.8) is 0 Å². The van der Waals surface area contributed by atoms with Crippen LogP contribution in [0.5, 0.6) is 0 Å². The highest BCUT2D eigenvalue weighted by molar-refractivity contribution is 9.10. The van der Waals surface area contributed by atoms with Gasteiger partial charge in [0.25, 0.3) is 0 Å². The van der Waals surface area contributed by atoms with Gasteiger partial charge in [-0.3, -0.25) is 0 Å². The molecule has 1 atom stereocenters. The maximum Gasteiger partial charge on any atom is 0.169 e. The summed E-state index contributed by atoms with van der Waals surface area (Å²) in [6.45, 7) is 2.92. The van der Waals surface area contributed by atoms with E-state index in [1.54, 1.807) is 12.1 Å². The summed E-state index contributed by atoms with van der Waals surface area (Å²) in [6.07, 6.45) is 1.49. The van der Waals surface area contributed by atoms with Gasteiger partial charge in [-0.1, -0.05) is 18.5 Å². The number of hydrogen-bond acceptors (Lipinski definition) is 2. The summed E-state index contributed by atoms with van der Waals surface area (Å²) in [5, 5.41) is 3.91.